The van der Waals surface area contributed by atoms with E-state index < -0.39 is 23.0 Å². The van der Waals surface area contributed by atoms with Gasteiger partial charge in [0.2, 0.25) is 17.4 Å². The lowest BCUT2D eigenvalue weighted by Gasteiger charge is -2.29. The normalized spacial score (nSPS) is 56.3. The van der Waals surface area contributed by atoms with Crippen LogP contribution in [0.1, 0.15) is 40.5 Å². The number of carbonyl (C=O) groups excluding carboxylic acids is 1. The minimum Gasteiger partial charge on any atom is -0.361 e. The molecule has 0 aromatic rings. The highest BCUT2D eigenvalue weighted by Crippen LogP contribution is 2.54. The summed E-state index contributed by atoms with van der Waals surface area (Å²) < 4.78 is 16.6. The van der Waals surface area contributed by atoms with Crippen molar-refractivity contribution >= 4 is 6.29 Å². The van der Waals surface area contributed by atoms with E-state index >= 15 is 0 Å². The zero-order valence-corrected chi connectivity index (χ0v) is 10.1. The highest BCUT2D eigenvalue weighted by atomic mass is 16.9. The van der Waals surface area contributed by atoms with Gasteiger partial charge in [0.15, 0.2) is 6.29 Å². The molecule has 0 saturated carbocycles. The maximum atomic E-state index is 10.9. The van der Waals surface area contributed by atoms with Crippen molar-refractivity contribution in [3.05, 3.63) is 0 Å². The van der Waals surface area contributed by atoms with Gasteiger partial charge < -0.3 is 19.3 Å². The smallest absolute Gasteiger partial charge is 0.228 e. The highest BCUT2D eigenvalue weighted by Gasteiger charge is 2.71. The molecule has 5 nitrogen and oxygen atoms in total. The molecular weight excluding hydrogens is 212 g/mol. The van der Waals surface area contributed by atoms with E-state index in [1.807, 2.05) is 13.8 Å². The average Bonchev–Trinajstić information content (AvgIpc) is 2.44. The number of aldehydes is 1. The van der Waals surface area contributed by atoms with Gasteiger partial charge in [0, 0.05) is 6.42 Å². The number of aliphatic hydroxyl groups is 1. The second-order valence-corrected chi connectivity index (χ2v) is 5.15. The molecule has 1 N–H and O–H groups in total. The Labute approximate surface area is 94.7 Å². The van der Waals surface area contributed by atoms with Crippen LogP contribution in [0.3, 0.4) is 0 Å². The monoisotopic (exact) mass is 230 g/mol. The van der Waals surface area contributed by atoms with E-state index in [0.717, 1.165) is 6.42 Å². The maximum Gasteiger partial charge on any atom is 0.228 e. The first-order chi connectivity index (χ1) is 7.20. The molecular formula is C11H18O5. The Kier molecular flexibility index (Phi) is 2.28. The molecule has 92 valence electrons. The largest absolute Gasteiger partial charge is 0.361 e. The van der Waals surface area contributed by atoms with Crippen LogP contribution in [-0.4, -0.2) is 34.4 Å². The second-order valence-electron chi connectivity index (χ2n) is 5.15. The minimum atomic E-state index is -1.56. The van der Waals surface area contributed by atoms with Crippen molar-refractivity contribution in [3.8, 4) is 0 Å². The fraction of sp³-hybridized carbons (Fsp3) is 0.909. The summed E-state index contributed by atoms with van der Waals surface area (Å²) in [6, 6.07) is 0. The number of ether oxygens (including phenoxy) is 3. The third-order valence-corrected chi connectivity index (χ3v) is 3.50. The molecule has 0 aromatic carbocycles. The first-order valence-corrected chi connectivity index (χ1v) is 5.49. The Balaban J connectivity index is 2.32. The van der Waals surface area contributed by atoms with Crippen molar-refractivity contribution < 1.29 is 24.1 Å². The third-order valence-electron chi connectivity index (χ3n) is 3.50. The SMILES string of the molecule is CC[C@]1(C)C[C@@]2(O)O[C@](C)(C=O)O[C@]2(C)O1. The second kappa shape index (κ2) is 3.04. The Bertz CT molecular complexity index is 308. The molecule has 4 atom stereocenters. The molecule has 2 rings (SSSR count). The predicted octanol–water partition coefficient (Wildman–Crippen LogP) is 0.942. The molecule has 0 amide bonds. The molecule has 0 aromatic heterocycles. The third kappa shape index (κ3) is 1.43. The summed E-state index contributed by atoms with van der Waals surface area (Å²) in [5.74, 6) is -4.28. The van der Waals surface area contributed by atoms with Gasteiger partial charge in [-0.1, -0.05) is 6.92 Å². The van der Waals surface area contributed by atoms with E-state index in [1.54, 1.807) is 6.92 Å². The van der Waals surface area contributed by atoms with Gasteiger partial charge in [0.25, 0.3) is 0 Å². The summed E-state index contributed by atoms with van der Waals surface area (Å²) in [7, 11) is 0. The number of hydrogen-bond donors (Lipinski definition) is 1. The fourth-order valence-electron chi connectivity index (χ4n) is 2.47. The molecule has 0 bridgehead atoms. The van der Waals surface area contributed by atoms with E-state index in [4.69, 9.17) is 14.2 Å². The molecule has 2 saturated heterocycles. The van der Waals surface area contributed by atoms with Crippen LogP contribution >= 0.6 is 0 Å². The summed E-state index contributed by atoms with van der Waals surface area (Å²) >= 11 is 0. The molecule has 2 fully saturated rings. The lowest BCUT2D eigenvalue weighted by molar-refractivity contribution is -0.274. The van der Waals surface area contributed by atoms with Crippen molar-refractivity contribution in [2.24, 2.45) is 0 Å². The van der Waals surface area contributed by atoms with Gasteiger partial charge >= 0.3 is 0 Å². The van der Waals surface area contributed by atoms with Crippen molar-refractivity contribution in [2.45, 2.75) is 63.5 Å². The lowest BCUT2D eigenvalue weighted by Crippen LogP contribution is -2.45. The van der Waals surface area contributed by atoms with Crippen LogP contribution in [0.4, 0.5) is 0 Å². The Morgan fingerprint density at radius 2 is 1.88 bits per heavy atom. The minimum absolute atomic E-state index is 0.288. The van der Waals surface area contributed by atoms with E-state index in [9.17, 15) is 9.90 Å². The van der Waals surface area contributed by atoms with Gasteiger partial charge in [-0.2, -0.15) is 0 Å². The van der Waals surface area contributed by atoms with Gasteiger partial charge in [-0.3, -0.25) is 4.79 Å². The number of carbonyl (C=O) groups is 1. The van der Waals surface area contributed by atoms with Crippen molar-refractivity contribution in [3.63, 3.8) is 0 Å². The molecule has 5 heteroatoms. The van der Waals surface area contributed by atoms with Gasteiger partial charge in [0.1, 0.15) is 0 Å². The van der Waals surface area contributed by atoms with E-state index in [0.29, 0.717) is 6.29 Å². The standard InChI is InChI=1S/C11H18O5/c1-5-8(2)6-11(13)10(4,14-8)15-9(3,7-12)16-11/h7,13H,5-6H2,1-4H3/t8-,9-,10+,11-/m1/s1. The van der Waals surface area contributed by atoms with Crippen LogP contribution in [0.15, 0.2) is 0 Å². The van der Waals surface area contributed by atoms with Gasteiger partial charge in [0.05, 0.1) is 5.60 Å². The van der Waals surface area contributed by atoms with Crippen molar-refractivity contribution in [1.82, 2.24) is 0 Å². The summed E-state index contributed by atoms with van der Waals surface area (Å²) in [6.45, 7) is 6.92. The first-order valence-electron chi connectivity index (χ1n) is 5.49. The van der Waals surface area contributed by atoms with Gasteiger partial charge in [-0.25, -0.2) is 0 Å². The predicted molar refractivity (Wildman–Crippen MR) is 54.4 cm³/mol. The van der Waals surface area contributed by atoms with Crippen LogP contribution in [0.25, 0.3) is 0 Å². The molecule has 2 aliphatic rings. The van der Waals surface area contributed by atoms with E-state index in [2.05, 4.69) is 0 Å². The van der Waals surface area contributed by atoms with Crippen LogP contribution in [0.5, 0.6) is 0 Å². The van der Waals surface area contributed by atoms with E-state index in [1.165, 1.54) is 6.92 Å². The van der Waals surface area contributed by atoms with Crippen molar-refractivity contribution in [1.29, 1.82) is 0 Å². The molecule has 2 heterocycles. The molecule has 16 heavy (non-hydrogen) atoms. The zero-order valence-electron chi connectivity index (χ0n) is 10.1. The van der Waals surface area contributed by atoms with Gasteiger partial charge in [-0.05, 0) is 27.2 Å². The molecule has 0 spiro atoms. The first kappa shape index (κ1) is 12.0. The molecule has 0 aliphatic carbocycles. The van der Waals surface area contributed by atoms with Crippen LogP contribution in [-0.2, 0) is 19.0 Å². The zero-order chi connectivity index (χ0) is 12.2. The quantitative estimate of drug-likeness (QED) is 0.715. The Morgan fingerprint density at radius 3 is 2.31 bits per heavy atom. The average molecular weight is 230 g/mol. The van der Waals surface area contributed by atoms with Crippen LogP contribution in [0.2, 0.25) is 0 Å². The molecule has 0 radical (unpaired) electrons. The molecule has 0 unspecified atom stereocenters. The summed E-state index contributed by atoms with van der Waals surface area (Å²) in [5, 5.41) is 10.4. The number of fused-ring (bicyclic) bond motifs is 1. The number of rotatable bonds is 2. The highest BCUT2D eigenvalue weighted by molar-refractivity contribution is 5.60. The lowest BCUT2D eigenvalue weighted by atomic mass is 9.95. The summed E-state index contributed by atoms with van der Waals surface area (Å²) in [6.07, 6.45) is 1.55. The maximum absolute atomic E-state index is 10.9. The van der Waals surface area contributed by atoms with E-state index in [-0.39, 0.29) is 6.42 Å². The Morgan fingerprint density at radius 1 is 1.25 bits per heavy atom. The fourth-order valence-corrected chi connectivity index (χ4v) is 2.47. The van der Waals surface area contributed by atoms with Crippen LogP contribution in [0, 0.1) is 0 Å². The topological polar surface area (TPSA) is 65.0 Å². The van der Waals surface area contributed by atoms with Gasteiger partial charge in [-0.15, -0.1) is 0 Å². The number of hydrogen-bond acceptors (Lipinski definition) is 5. The van der Waals surface area contributed by atoms with Crippen LogP contribution < -0.4 is 0 Å². The summed E-state index contributed by atoms with van der Waals surface area (Å²) in [4.78, 5) is 10.9. The summed E-state index contributed by atoms with van der Waals surface area (Å²) in [5.41, 5.74) is -0.492. The van der Waals surface area contributed by atoms with Crippen molar-refractivity contribution in [2.75, 3.05) is 0 Å². The molecule has 2 aliphatic heterocycles. The Hall–Kier alpha value is -0.490.